The molecule has 0 heterocycles. The summed E-state index contributed by atoms with van der Waals surface area (Å²) in [5, 5.41) is 0. The van der Waals surface area contributed by atoms with E-state index in [0.29, 0.717) is 38.1 Å². The second kappa shape index (κ2) is 20.9. The molecule has 0 spiro atoms. The lowest BCUT2D eigenvalue weighted by Crippen LogP contribution is -2.34. The summed E-state index contributed by atoms with van der Waals surface area (Å²) in [5.74, 6) is -1.28. The number of ether oxygens (including phenoxy) is 3. The summed E-state index contributed by atoms with van der Waals surface area (Å²) in [6.07, 6.45) is 3.09. The zero-order valence-corrected chi connectivity index (χ0v) is 21.2. The molecule has 0 aromatic heterocycles. The first-order chi connectivity index (χ1) is 14.4. The van der Waals surface area contributed by atoms with Crippen LogP contribution in [0, 0.1) is 0 Å². The Morgan fingerprint density at radius 2 is 1.42 bits per heavy atom. The molecule has 1 aromatic carbocycles. The van der Waals surface area contributed by atoms with Crippen LogP contribution in [-0.2, 0) is 25.5 Å². The maximum absolute atomic E-state index is 12.0. The van der Waals surface area contributed by atoms with Crippen molar-refractivity contribution in [3.05, 3.63) is 23.8 Å². The van der Waals surface area contributed by atoms with Crippen molar-refractivity contribution in [3.8, 4) is 11.5 Å². The van der Waals surface area contributed by atoms with E-state index in [0.717, 1.165) is 12.8 Å². The topological polar surface area (TPSA) is 157 Å². The average molecular weight is 533 g/mol. The molecule has 33 heavy (non-hydrogen) atoms. The molecule has 6 N–H and O–H groups in total. The number of nitrogens with two attached hydrogens (primary N) is 3. The van der Waals surface area contributed by atoms with Crippen LogP contribution in [-0.4, -0.2) is 43.6 Å². The van der Waals surface area contributed by atoms with E-state index in [2.05, 4.69) is 0 Å². The van der Waals surface area contributed by atoms with E-state index in [1.165, 1.54) is 12.1 Å². The van der Waals surface area contributed by atoms with Crippen molar-refractivity contribution in [1.82, 2.24) is 0 Å². The van der Waals surface area contributed by atoms with Crippen molar-refractivity contribution >= 4 is 55.1 Å². The van der Waals surface area contributed by atoms with Crippen LogP contribution in [0.3, 0.4) is 0 Å². The van der Waals surface area contributed by atoms with Crippen LogP contribution in [0.1, 0.15) is 51.0 Å². The van der Waals surface area contributed by atoms with Crippen LogP contribution in [0.15, 0.2) is 18.2 Å². The van der Waals surface area contributed by atoms with Crippen molar-refractivity contribution < 1.29 is 28.6 Å². The molecule has 0 saturated heterocycles. The maximum atomic E-state index is 12.0. The number of esters is 3. The predicted molar refractivity (Wildman–Crippen MR) is 134 cm³/mol. The number of halogens is 3. The Kier molecular flexibility index (Phi) is 22.8. The van der Waals surface area contributed by atoms with Crippen LogP contribution >= 0.6 is 37.2 Å². The lowest BCUT2D eigenvalue weighted by Gasteiger charge is -2.14. The molecule has 0 bridgehead atoms. The van der Waals surface area contributed by atoms with Gasteiger partial charge in [-0.25, -0.2) is 0 Å². The first kappa shape index (κ1) is 36.0. The molecule has 0 saturated carbocycles. The second-order valence-electron chi connectivity index (χ2n) is 6.85. The number of carbonyl (C=O) groups excluding carboxylic acids is 3. The van der Waals surface area contributed by atoms with Gasteiger partial charge in [-0.05, 0) is 56.5 Å². The van der Waals surface area contributed by atoms with E-state index < -0.39 is 23.9 Å². The summed E-state index contributed by atoms with van der Waals surface area (Å²) in [5.41, 5.74) is 17.4. The normalized spacial score (nSPS) is 10.5. The van der Waals surface area contributed by atoms with Crippen LogP contribution in [0.2, 0.25) is 0 Å². The molecule has 12 heteroatoms. The minimum absolute atomic E-state index is 0. The monoisotopic (exact) mass is 531 g/mol. The van der Waals surface area contributed by atoms with Crippen LogP contribution in [0.5, 0.6) is 11.5 Å². The number of rotatable bonds is 14. The van der Waals surface area contributed by atoms with Crippen molar-refractivity contribution in [3.63, 3.8) is 0 Å². The van der Waals surface area contributed by atoms with E-state index in [4.69, 9.17) is 31.4 Å². The first-order valence-corrected chi connectivity index (χ1v) is 10.3. The standard InChI is InChI=1S/C21H33N3O6.3ClH/c1-2-3-12-28-21(27)16(24)13-15-8-9-17(29-19(25)6-4-10-22)18(14-15)30-20(26)7-5-11-23;;;/h8-9,14,16H,2-7,10-13,22-24H2,1H3;3*1H. The molecule has 1 rings (SSSR count). The fourth-order valence-corrected chi connectivity index (χ4v) is 2.45. The van der Waals surface area contributed by atoms with Crippen molar-refractivity contribution in [2.24, 2.45) is 17.2 Å². The minimum atomic E-state index is -0.861. The summed E-state index contributed by atoms with van der Waals surface area (Å²) < 4.78 is 15.8. The first-order valence-electron chi connectivity index (χ1n) is 10.3. The Hall–Kier alpha value is -1.62. The summed E-state index contributed by atoms with van der Waals surface area (Å²) in [4.78, 5) is 36.0. The molecule has 0 aliphatic rings. The number of hydrogen-bond acceptors (Lipinski definition) is 9. The van der Waals surface area contributed by atoms with Gasteiger partial charge in [-0.3, -0.25) is 14.4 Å². The third-order valence-electron chi connectivity index (χ3n) is 4.13. The highest BCUT2D eigenvalue weighted by atomic mass is 35.5. The maximum Gasteiger partial charge on any atom is 0.323 e. The van der Waals surface area contributed by atoms with E-state index >= 15 is 0 Å². The highest BCUT2D eigenvalue weighted by Crippen LogP contribution is 2.30. The number of carbonyl (C=O) groups is 3. The third-order valence-corrected chi connectivity index (χ3v) is 4.13. The molecule has 0 amide bonds. The highest BCUT2D eigenvalue weighted by Gasteiger charge is 2.19. The molecule has 1 atom stereocenters. The van der Waals surface area contributed by atoms with Gasteiger partial charge in [-0.2, -0.15) is 0 Å². The van der Waals surface area contributed by atoms with Crippen LogP contribution in [0.4, 0.5) is 0 Å². The molecular weight excluding hydrogens is 497 g/mol. The minimum Gasteiger partial charge on any atom is -0.465 e. The Bertz CT molecular complexity index is 710. The van der Waals surface area contributed by atoms with Crippen LogP contribution in [0.25, 0.3) is 0 Å². The quantitative estimate of drug-likeness (QED) is 0.186. The number of benzene rings is 1. The molecule has 9 nitrogen and oxygen atoms in total. The van der Waals surface area contributed by atoms with Gasteiger partial charge in [0.2, 0.25) is 0 Å². The fraction of sp³-hybridized carbons (Fsp3) is 0.571. The summed E-state index contributed by atoms with van der Waals surface area (Å²) in [7, 11) is 0. The smallest absolute Gasteiger partial charge is 0.323 e. The van der Waals surface area contributed by atoms with Gasteiger partial charge in [-0.1, -0.05) is 19.4 Å². The lowest BCUT2D eigenvalue weighted by atomic mass is 10.1. The lowest BCUT2D eigenvalue weighted by molar-refractivity contribution is -0.145. The Morgan fingerprint density at radius 3 is 1.94 bits per heavy atom. The van der Waals surface area contributed by atoms with E-state index in [9.17, 15) is 14.4 Å². The van der Waals surface area contributed by atoms with Gasteiger partial charge in [0.25, 0.3) is 0 Å². The largest absolute Gasteiger partial charge is 0.465 e. The molecule has 0 fully saturated rings. The average Bonchev–Trinajstić information content (AvgIpc) is 2.72. The number of unbranched alkanes of at least 4 members (excludes halogenated alkanes) is 1. The van der Waals surface area contributed by atoms with Gasteiger partial charge in [0.05, 0.1) is 6.61 Å². The van der Waals surface area contributed by atoms with Gasteiger partial charge in [0, 0.05) is 12.8 Å². The molecule has 1 aromatic rings. The zero-order valence-electron chi connectivity index (χ0n) is 18.8. The molecular formula is C21H36Cl3N3O6. The molecule has 192 valence electrons. The Morgan fingerprint density at radius 1 is 0.879 bits per heavy atom. The van der Waals surface area contributed by atoms with Gasteiger partial charge >= 0.3 is 17.9 Å². The summed E-state index contributed by atoms with van der Waals surface area (Å²) >= 11 is 0. The van der Waals surface area contributed by atoms with Gasteiger partial charge in [-0.15, -0.1) is 37.2 Å². The van der Waals surface area contributed by atoms with E-state index in [-0.39, 0.29) is 68.0 Å². The highest BCUT2D eigenvalue weighted by molar-refractivity contribution is 5.86. The Labute approximate surface area is 213 Å². The zero-order chi connectivity index (χ0) is 22.4. The molecule has 0 aliphatic heterocycles. The molecule has 1 unspecified atom stereocenters. The predicted octanol–water partition coefficient (Wildman–Crippen LogP) is 2.45. The van der Waals surface area contributed by atoms with Crippen molar-refractivity contribution in [1.29, 1.82) is 0 Å². The van der Waals surface area contributed by atoms with Crippen molar-refractivity contribution in [2.45, 2.75) is 57.9 Å². The SMILES string of the molecule is CCCCOC(=O)C(N)Cc1ccc(OC(=O)CCCN)c(OC(=O)CCCN)c1.Cl.Cl.Cl. The van der Waals surface area contributed by atoms with Gasteiger partial charge in [0.15, 0.2) is 11.5 Å². The molecule has 0 aliphatic carbocycles. The molecule has 0 radical (unpaired) electrons. The summed E-state index contributed by atoms with van der Waals surface area (Å²) in [6, 6.07) is 3.84. The van der Waals surface area contributed by atoms with Crippen LogP contribution < -0.4 is 26.7 Å². The van der Waals surface area contributed by atoms with E-state index in [1.54, 1.807) is 6.07 Å². The number of hydrogen-bond donors (Lipinski definition) is 3. The van der Waals surface area contributed by atoms with Gasteiger partial charge < -0.3 is 31.4 Å². The van der Waals surface area contributed by atoms with Crippen molar-refractivity contribution in [2.75, 3.05) is 19.7 Å². The van der Waals surface area contributed by atoms with Gasteiger partial charge in [0.1, 0.15) is 6.04 Å². The Balaban J connectivity index is -0.00000300. The third kappa shape index (κ3) is 15.0. The van der Waals surface area contributed by atoms with E-state index in [1.807, 2.05) is 6.92 Å². The second-order valence-corrected chi connectivity index (χ2v) is 6.85. The summed E-state index contributed by atoms with van der Waals surface area (Å²) in [6.45, 7) is 3.03. The fourth-order valence-electron chi connectivity index (χ4n) is 2.45.